The van der Waals surface area contributed by atoms with Crippen molar-refractivity contribution in [2.45, 2.75) is 6.04 Å². The molecule has 0 saturated heterocycles. The van der Waals surface area contributed by atoms with Gasteiger partial charge in [0.05, 0.1) is 17.0 Å². The van der Waals surface area contributed by atoms with Gasteiger partial charge in [-0.3, -0.25) is 14.6 Å². The lowest BCUT2D eigenvalue weighted by Crippen LogP contribution is -2.25. The zero-order valence-corrected chi connectivity index (χ0v) is 11.8. The Morgan fingerprint density at radius 3 is 2.59 bits per heavy atom. The van der Waals surface area contributed by atoms with Gasteiger partial charge in [0.2, 0.25) is 5.76 Å². The first-order valence-electron chi connectivity index (χ1n) is 6.91. The number of benzene rings is 1. The van der Waals surface area contributed by atoms with Crippen molar-refractivity contribution in [2.24, 2.45) is 0 Å². The molecule has 108 valence electrons. The quantitative estimate of drug-likeness (QED) is 0.690. The number of para-hydroxylation sites is 1. The molecule has 0 spiro atoms. The van der Waals surface area contributed by atoms with E-state index in [9.17, 15) is 9.59 Å². The van der Waals surface area contributed by atoms with E-state index in [-0.39, 0.29) is 17.1 Å². The van der Waals surface area contributed by atoms with E-state index in [1.165, 1.54) is 4.90 Å². The highest BCUT2D eigenvalue weighted by Crippen LogP contribution is 2.36. The highest BCUT2D eigenvalue weighted by atomic mass is 16.3. The van der Waals surface area contributed by atoms with Crippen LogP contribution in [0.15, 0.2) is 58.0 Å². The number of hydrogen-bond donors (Lipinski definition) is 0. The topological polar surface area (TPSA) is 63.4 Å². The lowest BCUT2D eigenvalue weighted by atomic mass is 10.00. The zero-order valence-electron chi connectivity index (χ0n) is 11.8. The monoisotopic (exact) mass is 292 g/mol. The van der Waals surface area contributed by atoms with Crippen LogP contribution in [0.2, 0.25) is 0 Å². The summed E-state index contributed by atoms with van der Waals surface area (Å²) in [5, 5.41) is 0.489. The Morgan fingerprint density at radius 1 is 1.09 bits per heavy atom. The van der Waals surface area contributed by atoms with Crippen LogP contribution in [-0.2, 0) is 0 Å². The number of carbonyl (C=O) groups is 1. The minimum atomic E-state index is -0.439. The van der Waals surface area contributed by atoms with Crippen LogP contribution in [0.4, 0.5) is 0 Å². The highest BCUT2D eigenvalue weighted by Gasteiger charge is 2.40. The van der Waals surface area contributed by atoms with E-state index in [0.29, 0.717) is 16.5 Å². The van der Waals surface area contributed by atoms with Crippen LogP contribution in [0.25, 0.3) is 11.0 Å². The normalized spacial score (nSPS) is 17.0. The molecular weight excluding hydrogens is 280 g/mol. The first kappa shape index (κ1) is 12.8. The Kier molecular flexibility index (Phi) is 2.63. The molecule has 0 radical (unpaired) electrons. The predicted molar refractivity (Wildman–Crippen MR) is 80.7 cm³/mol. The molecule has 0 aliphatic carbocycles. The van der Waals surface area contributed by atoms with Gasteiger partial charge in [0, 0.05) is 19.4 Å². The molecular formula is C17H12N2O3. The molecule has 1 aliphatic heterocycles. The molecule has 1 aromatic carbocycles. The molecule has 0 bridgehead atoms. The van der Waals surface area contributed by atoms with Gasteiger partial charge >= 0.3 is 0 Å². The van der Waals surface area contributed by atoms with Gasteiger partial charge < -0.3 is 9.32 Å². The minimum Gasteiger partial charge on any atom is -0.450 e. The number of carbonyl (C=O) groups excluding carboxylic acids is 1. The summed E-state index contributed by atoms with van der Waals surface area (Å²) < 4.78 is 5.71. The van der Waals surface area contributed by atoms with Gasteiger partial charge in [0.15, 0.2) is 5.43 Å². The molecule has 3 aromatic rings. The Morgan fingerprint density at radius 2 is 1.82 bits per heavy atom. The standard InChI is InChI=1S/C17H12N2O3/c1-19-14(10-6-8-18-9-7-10)13-15(20)11-4-2-3-5-12(11)22-16(13)17(19)21/h2-9,14H,1H3/t14-/m0/s1. The van der Waals surface area contributed by atoms with Crippen LogP contribution in [0, 0.1) is 0 Å². The SMILES string of the molecule is CN1C(=O)c2oc3ccccc3c(=O)c2[C@@H]1c1ccncc1. The van der Waals surface area contributed by atoms with Crippen molar-refractivity contribution in [3.05, 3.63) is 75.9 Å². The Labute approximate surface area is 125 Å². The highest BCUT2D eigenvalue weighted by molar-refractivity contribution is 5.98. The first-order chi connectivity index (χ1) is 10.7. The Bertz CT molecular complexity index is 947. The molecule has 0 fully saturated rings. The van der Waals surface area contributed by atoms with Gasteiger partial charge in [0.1, 0.15) is 5.58 Å². The summed E-state index contributed by atoms with van der Waals surface area (Å²) in [4.78, 5) is 30.8. The smallest absolute Gasteiger partial charge is 0.290 e. The average molecular weight is 292 g/mol. The maximum atomic E-state index is 12.8. The molecule has 5 nitrogen and oxygen atoms in total. The molecule has 1 amide bonds. The maximum Gasteiger partial charge on any atom is 0.290 e. The summed E-state index contributed by atoms with van der Waals surface area (Å²) in [6.45, 7) is 0. The van der Waals surface area contributed by atoms with Gasteiger partial charge in [-0.25, -0.2) is 0 Å². The van der Waals surface area contributed by atoms with E-state index in [0.717, 1.165) is 5.56 Å². The summed E-state index contributed by atoms with van der Waals surface area (Å²) in [5.74, 6) is -0.146. The largest absolute Gasteiger partial charge is 0.450 e. The van der Waals surface area contributed by atoms with Crippen LogP contribution in [0.1, 0.15) is 27.7 Å². The van der Waals surface area contributed by atoms with E-state index < -0.39 is 6.04 Å². The van der Waals surface area contributed by atoms with Crippen molar-refractivity contribution in [3.63, 3.8) is 0 Å². The van der Waals surface area contributed by atoms with Crippen molar-refractivity contribution in [3.8, 4) is 0 Å². The number of aromatic nitrogens is 1. The third kappa shape index (κ3) is 1.62. The molecule has 0 N–H and O–H groups in total. The van der Waals surface area contributed by atoms with Crippen molar-refractivity contribution < 1.29 is 9.21 Å². The van der Waals surface area contributed by atoms with E-state index in [1.54, 1.807) is 55.8 Å². The zero-order chi connectivity index (χ0) is 15.3. The van der Waals surface area contributed by atoms with Crippen LogP contribution >= 0.6 is 0 Å². The van der Waals surface area contributed by atoms with Gasteiger partial charge in [-0.05, 0) is 29.8 Å². The molecule has 0 unspecified atom stereocenters. The van der Waals surface area contributed by atoms with E-state index in [2.05, 4.69) is 4.98 Å². The molecule has 5 heteroatoms. The second-order valence-electron chi connectivity index (χ2n) is 5.27. The lowest BCUT2D eigenvalue weighted by molar-refractivity contribution is 0.0771. The third-order valence-electron chi connectivity index (χ3n) is 4.03. The Hall–Kier alpha value is -2.95. The lowest BCUT2D eigenvalue weighted by Gasteiger charge is -2.19. The molecule has 4 rings (SSSR count). The fourth-order valence-corrected chi connectivity index (χ4v) is 2.97. The van der Waals surface area contributed by atoms with Crippen LogP contribution in [0.3, 0.4) is 0 Å². The van der Waals surface area contributed by atoms with E-state index in [1.807, 2.05) is 0 Å². The maximum absolute atomic E-state index is 12.8. The van der Waals surface area contributed by atoms with Crippen LogP contribution in [-0.4, -0.2) is 22.8 Å². The van der Waals surface area contributed by atoms with Gasteiger partial charge in [-0.1, -0.05) is 12.1 Å². The summed E-state index contributed by atoms with van der Waals surface area (Å²) >= 11 is 0. The van der Waals surface area contributed by atoms with E-state index in [4.69, 9.17) is 4.42 Å². The molecule has 1 atom stereocenters. The number of amides is 1. The summed E-state index contributed by atoms with van der Waals surface area (Å²) in [5.41, 5.74) is 1.52. The molecule has 0 saturated carbocycles. The fraction of sp³-hybridized carbons (Fsp3) is 0.118. The van der Waals surface area contributed by atoms with Crippen molar-refractivity contribution >= 4 is 16.9 Å². The summed E-state index contributed by atoms with van der Waals surface area (Å²) in [6.07, 6.45) is 3.29. The van der Waals surface area contributed by atoms with Crippen LogP contribution < -0.4 is 5.43 Å². The number of fused-ring (bicyclic) bond motifs is 2. The van der Waals surface area contributed by atoms with Crippen molar-refractivity contribution in [1.82, 2.24) is 9.88 Å². The molecule has 3 heterocycles. The molecule has 22 heavy (non-hydrogen) atoms. The summed E-state index contributed by atoms with van der Waals surface area (Å²) in [6, 6.07) is 10.1. The first-order valence-corrected chi connectivity index (χ1v) is 6.91. The Balaban J connectivity index is 2.06. The predicted octanol–water partition coefficient (Wildman–Crippen LogP) is 2.36. The van der Waals surface area contributed by atoms with Crippen molar-refractivity contribution in [2.75, 3.05) is 7.05 Å². The number of nitrogens with zero attached hydrogens (tertiary/aromatic N) is 2. The minimum absolute atomic E-state index is 0.132. The van der Waals surface area contributed by atoms with Gasteiger partial charge in [0.25, 0.3) is 5.91 Å². The van der Waals surface area contributed by atoms with Gasteiger partial charge in [-0.15, -0.1) is 0 Å². The molecule has 2 aromatic heterocycles. The second kappa shape index (κ2) is 4.53. The summed E-state index contributed by atoms with van der Waals surface area (Å²) in [7, 11) is 1.67. The second-order valence-corrected chi connectivity index (χ2v) is 5.27. The van der Waals surface area contributed by atoms with Crippen molar-refractivity contribution in [1.29, 1.82) is 0 Å². The average Bonchev–Trinajstić information content (AvgIpc) is 2.81. The number of rotatable bonds is 1. The fourth-order valence-electron chi connectivity index (χ4n) is 2.97. The number of hydrogen-bond acceptors (Lipinski definition) is 4. The number of pyridine rings is 1. The van der Waals surface area contributed by atoms with Crippen LogP contribution in [0.5, 0.6) is 0 Å². The molecule has 1 aliphatic rings. The van der Waals surface area contributed by atoms with E-state index >= 15 is 0 Å². The third-order valence-corrected chi connectivity index (χ3v) is 4.03. The van der Waals surface area contributed by atoms with Gasteiger partial charge in [-0.2, -0.15) is 0 Å².